The van der Waals surface area contributed by atoms with E-state index in [1.165, 1.54) is 6.07 Å². The molecule has 0 bridgehead atoms. The van der Waals surface area contributed by atoms with E-state index in [-0.39, 0.29) is 16.4 Å². The van der Waals surface area contributed by atoms with Gasteiger partial charge in [-0.15, -0.1) is 11.8 Å². The minimum atomic E-state index is -4.50. The Morgan fingerprint density at radius 2 is 2.16 bits per heavy atom. The van der Waals surface area contributed by atoms with Crippen LogP contribution in [0.3, 0.4) is 0 Å². The number of nitrogen functional groups attached to an aromatic ring is 1. The fraction of sp³-hybridized carbons (Fsp3) is 0.455. The predicted molar refractivity (Wildman–Crippen MR) is 67.5 cm³/mol. The second-order valence-corrected chi connectivity index (χ2v) is 4.74. The maximum atomic E-state index is 12.6. The van der Waals surface area contributed by atoms with Crippen LogP contribution in [0.25, 0.3) is 0 Å². The van der Waals surface area contributed by atoms with E-state index in [1.807, 2.05) is 0 Å². The van der Waals surface area contributed by atoms with E-state index >= 15 is 0 Å². The first-order valence-electron chi connectivity index (χ1n) is 5.40. The van der Waals surface area contributed by atoms with E-state index in [4.69, 9.17) is 15.9 Å². The van der Waals surface area contributed by atoms with Gasteiger partial charge in [-0.25, -0.2) is 4.98 Å². The fourth-order valence-corrected chi connectivity index (χ4v) is 2.24. The molecule has 4 nitrogen and oxygen atoms in total. The first kappa shape index (κ1) is 15.8. The van der Waals surface area contributed by atoms with Crippen LogP contribution in [0.5, 0.6) is 0 Å². The largest absolute Gasteiger partial charge is 0.433 e. The molecule has 0 aliphatic heterocycles. The normalized spacial score (nSPS) is 11.6. The molecule has 0 unspecified atom stereocenters. The van der Waals surface area contributed by atoms with Gasteiger partial charge in [0.2, 0.25) is 0 Å². The zero-order valence-corrected chi connectivity index (χ0v) is 11.1. The molecule has 0 radical (unpaired) electrons. The third kappa shape index (κ3) is 4.71. The molecule has 1 heterocycles. The summed E-state index contributed by atoms with van der Waals surface area (Å²) in [5, 5.41) is 7.46. The van der Waals surface area contributed by atoms with E-state index in [9.17, 15) is 13.2 Å². The number of alkyl halides is 3. The molecule has 0 fully saturated rings. The van der Waals surface area contributed by atoms with Crippen molar-refractivity contribution in [3.05, 3.63) is 23.4 Å². The molecule has 0 aliphatic carbocycles. The molecule has 0 saturated carbocycles. The Kier molecular flexibility index (Phi) is 5.61. The second kappa shape index (κ2) is 6.76. The molecule has 8 heteroatoms. The number of rotatable bonds is 6. The number of nitrogens with zero attached hydrogens (tertiary/aromatic N) is 1. The highest BCUT2D eigenvalue weighted by molar-refractivity contribution is 7.99. The number of ether oxygens (including phenoxy) is 1. The molecular weight excluding hydrogens is 279 g/mol. The van der Waals surface area contributed by atoms with Gasteiger partial charge < -0.3 is 10.5 Å². The Labute approximate surface area is 113 Å². The highest BCUT2D eigenvalue weighted by Crippen LogP contribution is 2.30. The third-order valence-electron chi connectivity index (χ3n) is 2.17. The standard InChI is InChI=1S/C11H14F3N3OS/c1-18-5-2-6-19-10-7(9(15)16)3-4-8(17-10)11(12,13)14/h3-4H,2,5-6H2,1H3,(H3,15,16). The molecule has 0 amide bonds. The number of halogens is 3. The minimum absolute atomic E-state index is 0.124. The molecule has 1 rings (SSSR count). The zero-order chi connectivity index (χ0) is 14.5. The van der Waals surface area contributed by atoms with Gasteiger partial charge in [0, 0.05) is 25.0 Å². The van der Waals surface area contributed by atoms with Gasteiger partial charge >= 0.3 is 6.18 Å². The van der Waals surface area contributed by atoms with Crippen molar-refractivity contribution in [3.63, 3.8) is 0 Å². The van der Waals surface area contributed by atoms with Crippen LogP contribution in [0.1, 0.15) is 17.7 Å². The number of aromatic nitrogens is 1. The van der Waals surface area contributed by atoms with Crippen molar-refractivity contribution in [2.24, 2.45) is 5.73 Å². The van der Waals surface area contributed by atoms with Gasteiger partial charge in [0.25, 0.3) is 0 Å². The quantitative estimate of drug-likeness (QED) is 0.366. The summed E-state index contributed by atoms with van der Waals surface area (Å²) in [6.07, 6.45) is -3.83. The van der Waals surface area contributed by atoms with Gasteiger partial charge in [0.1, 0.15) is 16.6 Å². The minimum Gasteiger partial charge on any atom is -0.385 e. The van der Waals surface area contributed by atoms with Crippen LogP contribution >= 0.6 is 11.8 Å². The summed E-state index contributed by atoms with van der Waals surface area (Å²) in [7, 11) is 1.55. The zero-order valence-electron chi connectivity index (χ0n) is 10.3. The van der Waals surface area contributed by atoms with Crippen LogP contribution in [0.4, 0.5) is 13.2 Å². The van der Waals surface area contributed by atoms with Gasteiger partial charge in [0.15, 0.2) is 0 Å². The average molecular weight is 293 g/mol. The molecule has 0 saturated heterocycles. The van der Waals surface area contributed by atoms with Crippen LogP contribution in [0, 0.1) is 5.41 Å². The molecule has 0 aliphatic rings. The summed E-state index contributed by atoms with van der Waals surface area (Å²) < 4.78 is 42.6. The monoisotopic (exact) mass is 293 g/mol. The van der Waals surface area contributed by atoms with Crippen molar-refractivity contribution in [1.82, 2.24) is 4.98 Å². The van der Waals surface area contributed by atoms with Gasteiger partial charge in [-0.05, 0) is 18.6 Å². The lowest BCUT2D eigenvalue weighted by molar-refractivity contribution is -0.141. The third-order valence-corrected chi connectivity index (χ3v) is 3.25. The number of nitrogens with two attached hydrogens (primary N) is 1. The van der Waals surface area contributed by atoms with Crippen molar-refractivity contribution >= 4 is 17.6 Å². The van der Waals surface area contributed by atoms with Gasteiger partial charge in [-0.1, -0.05) is 0 Å². The van der Waals surface area contributed by atoms with Gasteiger partial charge in [-0.2, -0.15) is 13.2 Å². The average Bonchev–Trinajstić information content (AvgIpc) is 2.33. The highest BCUT2D eigenvalue weighted by atomic mass is 32.2. The Hall–Kier alpha value is -1.28. The van der Waals surface area contributed by atoms with Crippen LogP contribution in [-0.4, -0.2) is 30.3 Å². The second-order valence-electron chi connectivity index (χ2n) is 3.66. The van der Waals surface area contributed by atoms with Crippen LogP contribution < -0.4 is 5.73 Å². The number of amidine groups is 1. The summed E-state index contributed by atoms with van der Waals surface area (Å²) >= 11 is 1.13. The first-order chi connectivity index (χ1) is 8.86. The van der Waals surface area contributed by atoms with E-state index in [2.05, 4.69) is 4.98 Å². The first-order valence-corrected chi connectivity index (χ1v) is 6.39. The predicted octanol–water partition coefficient (Wildman–Crippen LogP) is 2.51. The van der Waals surface area contributed by atoms with E-state index in [0.29, 0.717) is 18.8 Å². The number of pyridine rings is 1. The summed E-state index contributed by atoms with van der Waals surface area (Å²) in [4.78, 5) is 3.54. The SMILES string of the molecule is COCCCSc1nc(C(F)(F)F)ccc1C(=N)N. The smallest absolute Gasteiger partial charge is 0.385 e. The van der Waals surface area contributed by atoms with Crippen LogP contribution in [0.15, 0.2) is 17.2 Å². The lowest BCUT2D eigenvalue weighted by atomic mass is 10.2. The molecule has 0 spiro atoms. The van der Waals surface area contributed by atoms with E-state index in [1.54, 1.807) is 7.11 Å². The number of methoxy groups -OCH3 is 1. The molecular formula is C11H14F3N3OS. The summed E-state index contributed by atoms with van der Waals surface area (Å²) in [5.41, 5.74) is 4.57. The van der Waals surface area contributed by atoms with Crippen LogP contribution in [0.2, 0.25) is 0 Å². The van der Waals surface area contributed by atoms with Gasteiger partial charge in [0.05, 0.1) is 0 Å². The number of thioether (sulfide) groups is 1. The summed E-state index contributed by atoms with van der Waals surface area (Å²) in [6, 6.07) is 2.01. The van der Waals surface area contributed by atoms with Crippen LogP contribution in [-0.2, 0) is 10.9 Å². The van der Waals surface area contributed by atoms with Gasteiger partial charge in [-0.3, -0.25) is 5.41 Å². The van der Waals surface area contributed by atoms with Crippen molar-refractivity contribution < 1.29 is 17.9 Å². The number of nitrogens with one attached hydrogen (secondary N) is 1. The molecule has 1 aromatic rings. The van der Waals surface area contributed by atoms with E-state index in [0.717, 1.165) is 17.8 Å². The summed E-state index contributed by atoms with van der Waals surface area (Å²) in [5.74, 6) is 0.248. The van der Waals surface area contributed by atoms with E-state index < -0.39 is 11.9 Å². The highest BCUT2D eigenvalue weighted by Gasteiger charge is 2.33. The molecule has 0 aromatic carbocycles. The lowest BCUT2D eigenvalue weighted by Crippen LogP contribution is -2.16. The van der Waals surface area contributed by atoms with Crippen molar-refractivity contribution in [1.29, 1.82) is 5.41 Å². The molecule has 106 valence electrons. The molecule has 0 atom stereocenters. The Morgan fingerprint density at radius 3 is 2.68 bits per heavy atom. The van der Waals surface area contributed by atoms with Crippen molar-refractivity contribution in [2.45, 2.75) is 17.6 Å². The molecule has 19 heavy (non-hydrogen) atoms. The molecule has 3 N–H and O–H groups in total. The Balaban J connectivity index is 2.93. The maximum Gasteiger partial charge on any atom is 0.433 e. The Bertz CT molecular complexity index is 451. The fourth-order valence-electron chi connectivity index (χ4n) is 1.29. The van der Waals surface area contributed by atoms with Crippen molar-refractivity contribution in [2.75, 3.05) is 19.5 Å². The topological polar surface area (TPSA) is 72.0 Å². The van der Waals surface area contributed by atoms with Crippen molar-refractivity contribution in [3.8, 4) is 0 Å². The lowest BCUT2D eigenvalue weighted by Gasteiger charge is -2.11. The summed E-state index contributed by atoms with van der Waals surface area (Å²) in [6.45, 7) is 0.515. The maximum absolute atomic E-state index is 12.6. The number of hydrogen-bond donors (Lipinski definition) is 2. The molecule has 1 aromatic heterocycles. The number of hydrogen-bond acceptors (Lipinski definition) is 4. The Morgan fingerprint density at radius 1 is 1.47 bits per heavy atom.